The fourth-order valence-corrected chi connectivity index (χ4v) is 1.61. The summed E-state index contributed by atoms with van der Waals surface area (Å²) < 4.78 is 0. The van der Waals surface area contributed by atoms with Gasteiger partial charge in [-0.3, -0.25) is 14.4 Å². The van der Waals surface area contributed by atoms with Crippen molar-refractivity contribution in [1.82, 2.24) is 5.32 Å². The van der Waals surface area contributed by atoms with Crippen LogP contribution < -0.4 is 16.0 Å². The number of hydrogen-bond acceptors (Lipinski definition) is 3. The van der Waals surface area contributed by atoms with Gasteiger partial charge in [-0.1, -0.05) is 19.9 Å². The van der Waals surface area contributed by atoms with Gasteiger partial charge >= 0.3 is 0 Å². The molecule has 0 heterocycles. The third-order valence-corrected chi connectivity index (χ3v) is 2.50. The van der Waals surface area contributed by atoms with Crippen LogP contribution in [-0.2, 0) is 14.4 Å². The molecule has 0 fully saturated rings. The van der Waals surface area contributed by atoms with Gasteiger partial charge in [0.2, 0.25) is 17.7 Å². The second kappa shape index (κ2) is 8.04. The Balaban J connectivity index is 2.51. The fourth-order valence-electron chi connectivity index (χ4n) is 1.61. The van der Waals surface area contributed by atoms with E-state index in [0.29, 0.717) is 23.8 Å². The molecule has 21 heavy (non-hydrogen) atoms. The van der Waals surface area contributed by atoms with Crippen molar-refractivity contribution >= 4 is 29.1 Å². The lowest BCUT2D eigenvalue weighted by Gasteiger charge is -2.09. The molecule has 0 unspecified atom stereocenters. The Bertz CT molecular complexity index is 527. The molecule has 3 amide bonds. The summed E-state index contributed by atoms with van der Waals surface area (Å²) in [7, 11) is 0. The first-order chi connectivity index (χ1) is 9.86. The van der Waals surface area contributed by atoms with Crippen molar-refractivity contribution in [3.8, 4) is 0 Å². The van der Waals surface area contributed by atoms with Crippen LogP contribution in [0.25, 0.3) is 0 Å². The van der Waals surface area contributed by atoms with Gasteiger partial charge in [0.25, 0.3) is 0 Å². The zero-order chi connectivity index (χ0) is 15.8. The van der Waals surface area contributed by atoms with E-state index in [9.17, 15) is 14.4 Å². The Kier molecular flexibility index (Phi) is 6.39. The second-order valence-electron chi connectivity index (χ2n) is 5.18. The third kappa shape index (κ3) is 7.10. The molecule has 6 heteroatoms. The maximum Gasteiger partial charge on any atom is 0.233 e. The molecule has 0 radical (unpaired) electrons. The van der Waals surface area contributed by atoms with E-state index < -0.39 is 5.91 Å². The van der Waals surface area contributed by atoms with E-state index in [1.165, 1.54) is 6.92 Å². The van der Waals surface area contributed by atoms with Gasteiger partial charge in [-0.25, -0.2) is 0 Å². The largest absolute Gasteiger partial charge is 0.355 e. The smallest absolute Gasteiger partial charge is 0.233 e. The average molecular weight is 291 g/mol. The van der Waals surface area contributed by atoms with Gasteiger partial charge in [-0.05, 0) is 24.1 Å². The van der Waals surface area contributed by atoms with Crippen molar-refractivity contribution in [2.75, 3.05) is 17.2 Å². The van der Waals surface area contributed by atoms with Gasteiger partial charge < -0.3 is 16.0 Å². The van der Waals surface area contributed by atoms with Crippen molar-refractivity contribution in [2.45, 2.75) is 27.2 Å². The summed E-state index contributed by atoms with van der Waals surface area (Å²) in [5, 5.41) is 7.92. The van der Waals surface area contributed by atoms with Crippen molar-refractivity contribution in [3.63, 3.8) is 0 Å². The summed E-state index contributed by atoms with van der Waals surface area (Å²) in [6.07, 6.45) is -0.225. The van der Waals surface area contributed by atoms with Crippen LogP contribution in [0.3, 0.4) is 0 Å². The molecular weight excluding hydrogens is 270 g/mol. The van der Waals surface area contributed by atoms with E-state index in [1.807, 2.05) is 13.8 Å². The molecule has 0 atom stereocenters. The average Bonchev–Trinajstić information content (AvgIpc) is 2.35. The first-order valence-electron chi connectivity index (χ1n) is 6.81. The number of benzene rings is 1. The topological polar surface area (TPSA) is 87.3 Å². The van der Waals surface area contributed by atoms with Crippen molar-refractivity contribution in [2.24, 2.45) is 5.92 Å². The van der Waals surface area contributed by atoms with E-state index >= 15 is 0 Å². The Hall–Kier alpha value is -2.37. The molecule has 0 bridgehead atoms. The van der Waals surface area contributed by atoms with E-state index in [1.54, 1.807) is 24.3 Å². The molecule has 1 rings (SSSR count). The number of carbonyl (C=O) groups excluding carboxylic acids is 3. The fraction of sp³-hybridized carbons (Fsp3) is 0.400. The summed E-state index contributed by atoms with van der Waals surface area (Å²) in [5.41, 5.74) is 1.12. The highest BCUT2D eigenvalue weighted by Crippen LogP contribution is 2.15. The minimum Gasteiger partial charge on any atom is -0.355 e. The zero-order valence-corrected chi connectivity index (χ0v) is 12.5. The molecule has 1 aromatic rings. The van der Waals surface area contributed by atoms with E-state index in [4.69, 9.17) is 0 Å². The Labute approximate surface area is 124 Å². The molecule has 0 aromatic heterocycles. The summed E-state index contributed by atoms with van der Waals surface area (Å²) in [4.78, 5) is 34.2. The highest BCUT2D eigenvalue weighted by Gasteiger charge is 2.10. The first-order valence-corrected chi connectivity index (χ1v) is 6.81. The van der Waals surface area contributed by atoms with Crippen molar-refractivity contribution < 1.29 is 14.4 Å². The number of rotatable bonds is 6. The van der Waals surface area contributed by atoms with Crippen LogP contribution in [-0.4, -0.2) is 24.3 Å². The molecule has 0 aliphatic carbocycles. The summed E-state index contributed by atoms with van der Waals surface area (Å²) >= 11 is 0. The minimum atomic E-state index is -0.392. The van der Waals surface area contributed by atoms with Crippen LogP contribution in [0.4, 0.5) is 11.4 Å². The number of nitrogens with one attached hydrogen (secondary N) is 3. The van der Waals surface area contributed by atoms with Crippen LogP contribution in [0.2, 0.25) is 0 Å². The van der Waals surface area contributed by atoms with Crippen molar-refractivity contribution in [1.29, 1.82) is 0 Å². The van der Waals surface area contributed by atoms with Gasteiger partial charge in [-0.15, -0.1) is 0 Å². The monoisotopic (exact) mass is 291 g/mol. The van der Waals surface area contributed by atoms with Crippen LogP contribution in [0.15, 0.2) is 24.3 Å². The normalized spacial score (nSPS) is 10.1. The maximum absolute atomic E-state index is 11.7. The quantitative estimate of drug-likeness (QED) is 0.698. The SMILES string of the molecule is CC(=O)Nc1cccc(NC(=O)CC(=O)NCC(C)C)c1. The summed E-state index contributed by atoms with van der Waals surface area (Å²) in [6, 6.07) is 6.74. The van der Waals surface area contributed by atoms with Gasteiger partial charge in [0, 0.05) is 24.8 Å². The predicted molar refractivity (Wildman–Crippen MR) is 81.8 cm³/mol. The van der Waals surface area contributed by atoms with Crippen LogP contribution in [0, 0.1) is 5.92 Å². The molecule has 114 valence electrons. The lowest BCUT2D eigenvalue weighted by Crippen LogP contribution is -2.30. The van der Waals surface area contributed by atoms with Crippen LogP contribution in [0.1, 0.15) is 27.2 Å². The Morgan fingerprint density at radius 2 is 1.67 bits per heavy atom. The molecule has 0 saturated heterocycles. The number of hydrogen-bond donors (Lipinski definition) is 3. The van der Waals surface area contributed by atoms with Crippen LogP contribution >= 0.6 is 0 Å². The lowest BCUT2D eigenvalue weighted by molar-refractivity contribution is -0.127. The van der Waals surface area contributed by atoms with Crippen LogP contribution in [0.5, 0.6) is 0 Å². The summed E-state index contributed by atoms with van der Waals surface area (Å²) in [5.74, 6) is -0.548. The number of amides is 3. The second-order valence-corrected chi connectivity index (χ2v) is 5.18. The van der Waals surface area contributed by atoms with E-state index in [2.05, 4.69) is 16.0 Å². The minimum absolute atomic E-state index is 0.188. The standard InChI is InChI=1S/C15H21N3O3/c1-10(2)9-16-14(20)8-15(21)18-13-6-4-5-12(7-13)17-11(3)19/h4-7,10H,8-9H2,1-3H3,(H,16,20)(H,17,19)(H,18,21). The maximum atomic E-state index is 11.7. The van der Waals surface area contributed by atoms with Gasteiger partial charge in [-0.2, -0.15) is 0 Å². The molecule has 6 nitrogen and oxygen atoms in total. The predicted octanol–water partition coefficient (Wildman–Crippen LogP) is 1.75. The molecule has 3 N–H and O–H groups in total. The number of anilines is 2. The molecule has 0 spiro atoms. The van der Waals surface area contributed by atoms with Gasteiger partial charge in [0.15, 0.2) is 0 Å². The highest BCUT2D eigenvalue weighted by molar-refractivity contribution is 6.03. The zero-order valence-electron chi connectivity index (χ0n) is 12.5. The molecule has 1 aromatic carbocycles. The highest BCUT2D eigenvalue weighted by atomic mass is 16.2. The lowest BCUT2D eigenvalue weighted by atomic mass is 10.2. The molecular formula is C15H21N3O3. The molecule has 0 saturated carbocycles. The van der Waals surface area contributed by atoms with Gasteiger partial charge in [0.05, 0.1) is 0 Å². The first kappa shape index (κ1) is 16.7. The third-order valence-electron chi connectivity index (χ3n) is 2.50. The Morgan fingerprint density at radius 3 is 2.24 bits per heavy atom. The van der Waals surface area contributed by atoms with Crippen molar-refractivity contribution in [3.05, 3.63) is 24.3 Å². The summed E-state index contributed by atoms with van der Waals surface area (Å²) in [6.45, 7) is 5.91. The molecule has 0 aliphatic rings. The van der Waals surface area contributed by atoms with Gasteiger partial charge in [0.1, 0.15) is 6.42 Å². The molecule has 0 aliphatic heterocycles. The number of carbonyl (C=O) groups is 3. The Morgan fingerprint density at radius 1 is 1.05 bits per heavy atom. The van der Waals surface area contributed by atoms with E-state index in [0.717, 1.165) is 0 Å². The van der Waals surface area contributed by atoms with E-state index in [-0.39, 0.29) is 18.2 Å².